The summed E-state index contributed by atoms with van der Waals surface area (Å²) in [5, 5.41) is 19.6. The molecule has 0 atom stereocenters. The number of pyridine rings is 2. The first-order chi connectivity index (χ1) is 13.9. The molecule has 0 aliphatic carbocycles. The lowest BCUT2D eigenvalue weighted by Gasteiger charge is -2.20. The van der Waals surface area contributed by atoms with Crippen molar-refractivity contribution in [3.05, 3.63) is 60.3 Å². The first kappa shape index (κ1) is 20.1. The van der Waals surface area contributed by atoms with Crippen LogP contribution < -0.4 is 5.32 Å². The molecular formula is C21H20F2N6. The van der Waals surface area contributed by atoms with E-state index in [0.717, 1.165) is 6.21 Å². The Bertz CT molecular complexity index is 1110. The van der Waals surface area contributed by atoms with Crippen molar-refractivity contribution in [2.75, 3.05) is 6.54 Å². The zero-order valence-corrected chi connectivity index (χ0v) is 16.0. The molecule has 29 heavy (non-hydrogen) atoms. The maximum Gasteiger partial charge on any atom is 0.267 e. The Morgan fingerprint density at radius 3 is 2.83 bits per heavy atom. The predicted octanol–water partition coefficient (Wildman–Crippen LogP) is 4.14. The summed E-state index contributed by atoms with van der Waals surface area (Å²) >= 11 is 0. The van der Waals surface area contributed by atoms with Crippen molar-refractivity contribution in [1.29, 1.82) is 10.7 Å². The molecule has 0 aliphatic heterocycles. The minimum absolute atomic E-state index is 0.218. The van der Waals surface area contributed by atoms with Gasteiger partial charge in [-0.15, -0.1) is 0 Å². The number of fused-ring (bicyclic) bond motifs is 1. The van der Waals surface area contributed by atoms with Gasteiger partial charge in [-0.2, -0.15) is 5.26 Å². The average Bonchev–Trinajstić information content (AvgIpc) is 3.18. The van der Waals surface area contributed by atoms with E-state index in [2.05, 4.69) is 15.3 Å². The van der Waals surface area contributed by atoms with Crippen LogP contribution in [-0.4, -0.2) is 33.1 Å². The molecule has 6 nitrogen and oxygen atoms in total. The van der Waals surface area contributed by atoms with Gasteiger partial charge >= 0.3 is 0 Å². The minimum Gasteiger partial charge on any atom is -0.384 e. The van der Waals surface area contributed by atoms with Crippen LogP contribution in [0.15, 0.2) is 49.1 Å². The van der Waals surface area contributed by atoms with Crippen molar-refractivity contribution in [3.8, 4) is 17.3 Å². The van der Waals surface area contributed by atoms with Crippen LogP contribution in [0.25, 0.3) is 22.5 Å². The second kappa shape index (κ2) is 8.19. The Labute approximate surface area is 167 Å². The highest BCUT2D eigenvalue weighted by molar-refractivity contribution is 6.10. The van der Waals surface area contributed by atoms with Crippen molar-refractivity contribution in [1.82, 2.24) is 19.7 Å². The van der Waals surface area contributed by atoms with Crippen LogP contribution in [-0.2, 0) is 0 Å². The number of aromatic nitrogens is 3. The summed E-state index contributed by atoms with van der Waals surface area (Å²) in [6.07, 6.45) is 7.74. The highest BCUT2D eigenvalue weighted by Crippen LogP contribution is 2.28. The van der Waals surface area contributed by atoms with Crippen LogP contribution in [0.3, 0.4) is 0 Å². The molecule has 3 aromatic heterocycles. The second-order valence-corrected chi connectivity index (χ2v) is 6.85. The highest BCUT2D eigenvalue weighted by atomic mass is 19.3. The van der Waals surface area contributed by atoms with E-state index in [1.54, 1.807) is 18.5 Å². The number of hydrogen-bond acceptors (Lipinski definition) is 5. The van der Waals surface area contributed by atoms with Crippen molar-refractivity contribution in [2.45, 2.75) is 19.8 Å². The van der Waals surface area contributed by atoms with Gasteiger partial charge in [0, 0.05) is 53.6 Å². The summed E-state index contributed by atoms with van der Waals surface area (Å²) in [6, 6.07) is 8.84. The molecule has 0 aliphatic rings. The largest absolute Gasteiger partial charge is 0.384 e. The Balaban J connectivity index is 2.02. The number of halogens is 2. The summed E-state index contributed by atoms with van der Waals surface area (Å²) in [4.78, 5) is 8.64. The Hall–Kier alpha value is -3.60. The van der Waals surface area contributed by atoms with Crippen LogP contribution >= 0.6 is 0 Å². The normalized spacial score (nSPS) is 12.2. The molecule has 8 heteroatoms. The summed E-state index contributed by atoms with van der Waals surface area (Å²) in [5.74, 6) is -3.68. The number of imidazole rings is 1. The fraction of sp³-hybridized carbons (Fsp3) is 0.238. The Morgan fingerprint density at radius 2 is 2.14 bits per heavy atom. The molecule has 0 spiro atoms. The smallest absolute Gasteiger partial charge is 0.267 e. The van der Waals surface area contributed by atoms with Gasteiger partial charge < -0.3 is 15.1 Å². The maximum atomic E-state index is 13.9. The lowest BCUT2D eigenvalue weighted by Crippen LogP contribution is -2.35. The lowest BCUT2D eigenvalue weighted by molar-refractivity contribution is -0.0399. The van der Waals surface area contributed by atoms with Gasteiger partial charge in [0.25, 0.3) is 5.92 Å². The molecule has 2 N–H and O–H groups in total. The first-order valence-electron chi connectivity index (χ1n) is 9.02. The lowest BCUT2D eigenvalue weighted by atomic mass is 10.00. The van der Waals surface area contributed by atoms with Gasteiger partial charge in [-0.1, -0.05) is 13.8 Å². The van der Waals surface area contributed by atoms with Gasteiger partial charge in [0.2, 0.25) is 0 Å². The Morgan fingerprint density at radius 1 is 1.34 bits per heavy atom. The molecule has 3 rings (SSSR count). The van der Waals surface area contributed by atoms with E-state index < -0.39 is 18.4 Å². The van der Waals surface area contributed by atoms with Crippen molar-refractivity contribution in [2.24, 2.45) is 5.92 Å². The van der Waals surface area contributed by atoms with Crippen LogP contribution in [0.2, 0.25) is 0 Å². The first-order valence-corrected chi connectivity index (χ1v) is 9.02. The van der Waals surface area contributed by atoms with Crippen LogP contribution in [0.1, 0.15) is 25.1 Å². The molecule has 0 aromatic carbocycles. The van der Waals surface area contributed by atoms with Crippen LogP contribution in [0.5, 0.6) is 0 Å². The molecule has 148 valence electrons. The van der Waals surface area contributed by atoms with E-state index in [4.69, 9.17) is 5.41 Å². The van der Waals surface area contributed by atoms with E-state index in [1.807, 2.05) is 28.8 Å². The Kier molecular flexibility index (Phi) is 5.69. The van der Waals surface area contributed by atoms with Crippen molar-refractivity contribution in [3.63, 3.8) is 0 Å². The highest BCUT2D eigenvalue weighted by Gasteiger charge is 2.32. The number of allylic oxidation sites excluding steroid dienone is 1. The van der Waals surface area contributed by atoms with Crippen LogP contribution in [0, 0.1) is 22.7 Å². The van der Waals surface area contributed by atoms with E-state index in [9.17, 15) is 14.0 Å². The number of nitrogens with one attached hydrogen (secondary N) is 2. The number of rotatable bonds is 7. The quantitative estimate of drug-likeness (QED) is 0.590. The molecule has 0 unspecified atom stereocenters. The third-order valence-corrected chi connectivity index (χ3v) is 4.59. The average molecular weight is 394 g/mol. The molecule has 3 aromatic rings. The van der Waals surface area contributed by atoms with Crippen LogP contribution in [0.4, 0.5) is 8.78 Å². The number of hydrogen-bond donors (Lipinski definition) is 2. The molecule has 3 heterocycles. The second-order valence-electron chi connectivity index (χ2n) is 6.85. The predicted molar refractivity (Wildman–Crippen MR) is 108 cm³/mol. The van der Waals surface area contributed by atoms with Gasteiger partial charge in [-0.05, 0) is 24.3 Å². The molecular weight excluding hydrogens is 374 g/mol. The van der Waals surface area contributed by atoms with Crippen molar-refractivity contribution < 1.29 is 8.78 Å². The molecule has 0 radical (unpaired) electrons. The zero-order valence-electron chi connectivity index (χ0n) is 16.0. The third kappa shape index (κ3) is 4.29. The maximum absolute atomic E-state index is 13.9. The SMILES string of the molecule is CC(C)C(F)(F)CN/C=C(\C=N)c1ccc(C#N)nc1-c1ccn2ccnc2c1. The summed E-state index contributed by atoms with van der Waals surface area (Å²) in [6.45, 7) is 2.37. The summed E-state index contributed by atoms with van der Waals surface area (Å²) < 4.78 is 29.5. The van der Waals surface area contributed by atoms with Gasteiger partial charge in [-0.25, -0.2) is 18.7 Å². The van der Waals surface area contributed by atoms with E-state index in [1.165, 1.54) is 26.1 Å². The number of nitrogens with zero attached hydrogens (tertiary/aromatic N) is 4. The zero-order chi connectivity index (χ0) is 21.0. The summed E-state index contributed by atoms with van der Waals surface area (Å²) in [7, 11) is 0. The van der Waals surface area contributed by atoms with Gasteiger partial charge in [0.15, 0.2) is 0 Å². The fourth-order valence-electron chi connectivity index (χ4n) is 2.73. The van der Waals surface area contributed by atoms with Gasteiger partial charge in [0.1, 0.15) is 17.4 Å². The standard InChI is InChI=1S/C21H20F2N6/c1-14(2)21(22,23)13-26-12-16(10-24)18-4-3-17(11-25)28-20(18)15-5-7-29-8-6-27-19(29)9-15/h3-10,12,14,24,26H,13H2,1-2H3/b16-12+,24-10?. The topological polar surface area (TPSA) is 89.9 Å². The number of alkyl halides is 2. The minimum atomic E-state index is -2.87. The van der Waals surface area contributed by atoms with E-state index in [-0.39, 0.29) is 5.69 Å². The monoisotopic (exact) mass is 394 g/mol. The third-order valence-electron chi connectivity index (χ3n) is 4.59. The van der Waals surface area contributed by atoms with E-state index >= 15 is 0 Å². The molecule has 0 saturated carbocycles. The molecule has 0 bridgehead atoms. The summed E-state index contributed by atoms with van der Waals surface area (Å²) in [5.41, 5.74) is 3.02. The van der Waals surface area contributed by atoms with Gasteiger partial charge in [-0.3, -0.25) is 0 Å². The van der Waals surface area contributed by atoms with Gasteiger partial charge in [0.05, 0.1) is 12.2 Å². The molecule has 0 fully saturated rings. The molecule has 0 saturated heterocycles. The fourth-order valence-corrected chi connectivity index (χ4v) is 2.73. The molecule has 0 amide bonds. The van der Waals surface area contributed by atoms with E-state index in [0.29, 0.717) is 28.0 Å². The van der Waals surface area contributed by atoms with Crippen molar-refractivity contribution >= 4 is 17.4 Å². The number of nitriles is 1.